The third-order valence-electron chi connectivity index (χ3n) is 2.95. The van der Waals surface area contributed by atoms with Crippen molar-refractivity contribution in [2.45, 2.75) is 19.3 Å². The van der Waals surface area contributed by atoms with Crippen molar-refractivity contribution in [3.05, 3.63) is 12.4 Å². The van der Waals surface area contributed by atoms with Crippen molar-refractivity contribution >= 4 is 23.4 Å². The number of thioether (sulfide) groups is 1. The largest absolute Gasteiger partial charge is 0.369 e. The van der Waals surface area contributed by atoms with Crippen molar-refractivity contribution in [2.24, 2.45) is 0 Å². The van der Waals surface area contributed by atoms with Gasteiger partial charge in [0.05, 0.1) is 0 Å². The molecule has 0 atom stereocenters. The van der Waals surface area contributed by atoms with Gasteiger partial charge in [-0.2, -0.15) is 11.8 Å². The molecular weight excluding hydrogens is 232 g/mol. The molecule has 1 aliphatic rings. The van der Waals surface area contributed by atoms with Gasteiger partial charge in [-0.1, -0.05) is 0 Å². The molecule has 0 saturated carbocycles. The van der Waals surface area contributed by atoms with Gasteiger partial charge in [-0.15, -0.1) is 0 Å². The highest BCUT2D eigenvalue weighted by molar-refractivity contribution is 7.98. The lowest BCUT2D eigenvalue weighted by atomic mass is 10.1. The number of piperidine rings is 1. The Hall–Kier alpha value is -0.970. The van der Waals surface area contributed by atoms with Crippen LogP contribution in [0.3, 0.4) is 0 Å². The van der Waals surface area contributed by atoms with Crippen molar-refractivity contribution in [1.82, 2.24) is 9.97 Å². The Bertz CT molecular complexity index is 339. The average molecular weight is 252 g/mol. The summed E-state index contributed by atoms with van der Waals surface area (Å²) in [4.78, 5) is 11.0. The SMILES string of the molecule is CSCCNc1cc(N2CCCCC2)ncn1. The van der Waals surface area contributed by atoms with E-state index < -0.39 is 0 Å². The van der Waals surface area contributed by atoms with Crippen LogP contribution in [0.1, 0.15) is 19.3 Å². The minimum Gasteiger partial charge on any atom is -0.369 e. The second-order valence-corrected chi connectivity index (χ2v) is 5.21. The molecule has 5 heteroatoms. The molecular formula is C12H20N4S. The van der Waals surface area contributed by atoms with Gasteiger partial charge in [0.2, 0.25) is 0 Å². The molecule has 1 N–H and O–H groups in total. The Morgan fingerprint density at radius 3 is 2.88 bits per heavy atom. The third kappa shape index (κ3) is 3.77. The van der Waals surface area contributed by atoms with E-state index in [0.717, 1.165) is 37.0 Å². The van der Waals surface area contributed by atoms with Crippen LogP contribution < -0.4 is 10.2 Å². The average Bonchev–Trinajstić information content (AvgIpc) is 2.41. The monoisotopic (exact) mass is 252 g/mol. The number of hydrogen-bond acceptors (Lipinski definition) is 5. The molecule has 0 bridgehead atoms. The molecule has 0 radical (unpaired) electrons. The van der Waals surface area contributed by atoms with Crippen molar-refractivity contribution in [1.29, 1.82) is 0 Å². The zero-order valence-corrected chi connectivity index (χ0v) is 11.2. The van der Waals surface area contributed by atoms with Gasteiger partial charge in [-0.05, 0) is 25.5 Å². The molecule has 0 amide bonds. The molecule has 2 heterocycles. The van der Waals surface area contributed by atoms with E-state index >= 15 is 0 Å². The summed E-state index contributed by atoms with van der Waals surface area (Å²) in [6.07, 6.45) is 7.67. The highest BCUT2D eigenvalue weighted by Gasteiger charge is 2.12. The van der Waals surface area contributed by atoms with E-state index in [1.54, 1.807) is 6.33 Å². The Balaban J connectivity index is 1.95. The van der Waals surface area contributed by atoms with Gasteiger partial charge in [0.25, 0.3) is 0 Å². The van der Waals surface area contributed by atoms with Crippen LogP contribution in [0, 0.1) is 0 Å². The van der Waals surface area contributed by atoms with Gasteiger partial charge < -0.3 is 10.2 Å². The maximum Gasteiger partial charge on any atom is 0.134 e. The summed E-state index contributed by atoms with van der Waals surface area (Å²) < 4.78 is 0. The van der Waals surface area contributed by atoms with Crippen molar-refractivity contribution < 1.29 is 0 Å². The lowest BCUT2D eigenvalue weighted by molar-refractivity contribution is 0.573. The first-order valence-electron chi connectivity index (χ1n) is 6.20. The minimum atomic E-state index is 0.939. The number of anilines is 2. The number of nitrogens with zero attached hydrogens (tertiary/aromatic N) is 3. The normalized spacial score (nSPS) is 15.9. The number of hydrogen-bond donors (Lipinski definition) is 1. The molecule has 0 unspecified atom stereocenters. The second-order valence-electron chi connectivity index (χ2n) is 4.23. The number of nitrogens with one attached hydrogen (secondary N) is 1. The van der Waals surface area contributed by atoms with Crippen LogP contribution in [0.4, 0.5) is 11.6 Å². The quantitative estimate of drug-likeness (QED) is 0.814. The fraction of sp³-hybridized carbons (Fsp3) is 0.667. The minimum absolute atomic E-state index is 0.939. The van der Waals surface area contributed by atoms with E-state index in [2.05, 4.69) is 32.5 Å². The van der Waals surface area contributed by atoms with Crippen molar-refractivity contribution in [2.75, 3.05) is 41.9 Å². The van der Waals surface area contributed by atoms with Crippen LogP contribution in [0.15, 0.2) is 12.4 Å². The van der Waals surface area contributed by atoms with E-state index in [-0.39, 0.29) is 0 Å². The maximum absolute atomic E-state index is 4.36. The van der Waals surface area contributed by atoms with Crippen molar-refractivity contribution in [3.8, 4) is 0 Å². The van der Waals surface area contributed by atoms with Gasteiger partial charge in [-0.25, -0.2) is 9.97 Å². The molecule has 1 aliphatic heterocycles. The van der Waals surface area contributed by atoms with Crippen LogP contribution in [0.5, 0.6) is 0 Å². The summed E-state index contributed by atoms with van der Waals surface area (Å²) in [7, 11) is 0. The lowest BCUT2D eigenvalue weighted by Gasteiger charge is -2.27. The molecule has 94 valence electrons. The summed E-state index contributed by atoms with van der Waals surface area (Å²) in [6.45, 7) is 3.21. The highest BCUT2D eigenvalue weighted by Crippen LogP contribution is 2.18. The van der Waals surface area contributed by atoms with Crippen LogP contribution in [-0.4, -0.2) is 41.6 Å². The lowest BCUT2D eigenvalue weighted by Crippen LogP contribution is -2.30. The molecule has 0 aromatic carbocycles. The summed E-state index contributed by atoms with van der Waals surface area (Å²) >= 11 is 1.84. The van der Waals surface area contributed by atoms with Gasteiger partial charge in [0, 0.05) is 31.5 Å². The first kappa shape index (κ1) is 12.5. The Labute approximate surface area is 107 Å². The van der Waals surface area contributed by atoms with Crippen LogP contribution >= 0.6 is 11.8 Å². The zero-order chi connectivity index (χ0) is 11.9. The van der Waals surface area contributed by atoms with Crippen molar-refractivity contribution in [3.63, 3.8) is 0 Å². The first-order valence-corrected chi connectivity index (χ1v) is 7.59. The highest BCUT2D eigenvalue weighted by atomic mass is 32.2. The predicted molar refractivity (Wildman–Crippen MR) is 75.0 cm³/mol. The second kappa shape index (κ2) is 6.69. The Kier molecular flexibility index (Phi) is 4.91. The van der Waals surface area contributed by atoms with E-state index in [9.17, 15) is 0 Å². The third-order valence-corrected chi connectivity index (χ3v) is 3.56. The van der Waals surface area contributed by atoms with Crippen LogP contribution in [0.25, 0.3) is 0 Å². The van der Waals surface area contributed by atoms with Gasteiger partial charge >= 0.3 is 0 Å². The van der Waals surface area contributed by atoms with E-state index in [0.29, 0.717) is 0 Å². The maximum atomic E-state index is 4.36. The molecule has 1 fully saturated rings. The van der Waals surface area contributed by atoms with E-state index in [4.69, 9.17) is 0 Å². The van der Waals surface area contributed by atoms with E-state index in [1.807, 2.05) is 11.8 Å². The van der Waals surface area contributed by atoms with Gasteiger partial charge in [0.1, 0.15) is 18.0 Å². The molecule has 1 aromatic heterocycles. The number of aromatic nitrogens is 2. The Morgan fingerprint density at radius 1 is 1.29 bits per heavy atom. The Morgan fingerprint density at radius 2 is 2.12 bits per heavy atom. The smallest absolute Gasteiger partial charge is 0.134 e. The summed E-state index contributed by atoms with van der Waals surface area (Å²) in [6, 6.07) is 2.06. The van der Waals surface area contributed by atoms with E-state index in [1.165, 1.54) is 19.3 Å². The molecule has 1 saturated heterocycles. The number of rotatable bonds is 5. The summed E-state index contributed by atoms with van der Waals surface area (Å²) in [5, 5.41) is 3.33. The molecule has 0 spiro atoms. The fourth-order valence-electron chi connectivity index (χ4n) is 2.02. The topological polar surface area (TPSA) is 41.0 Å². The molecule has 2 rings (SSSR count). The molecule has 4 nitrogen and oxygen atoms in total. The molecule has 0 aliphatic carbocycles. The van der Waals surface area contributed by atoms with Gasteiger partial charge in [-0.3, -0.25) is 0 Å². The fourth-order valence-corrected chi connectivity index (χ4v) is 2.33. The van der Waals surface area contributed by atoms with Gasteiger partial charge in [0.15, 0.2) is 0 Å². The first-order chi connectivity index (χ1) is 8.40. The molecule has 1 aromatic rings. The van der Waals surface area contributed by atoms with Crippen LogP contribution in [-0.2, 0) is 0 Å². The van der Waals surface area contributed by atoms with Crippen LogP contribution in [0.2, 0.25) is 0 Å². The standard InChI is InChI=1S/C12H20N4S/c1-17-8-5-13-11-9-12(15-10-14-11)16-6-3-2-4-7-16/h9-10H,2-8H2,1H3,(H,13,14,15). The predicted octanol–water partition coefficient (Wildman–Crippen LogP) is 2.24. The summed E-state index contributed by atoms with van der Waals surface area (Å²) in [5.41, 5.74) is 0. The molecule has 17 heavy (non-hydrogen) atoms. The zero-order valence-electron chi connectivity index (χ0n) is 10.4. The summed E-state index contributed by atoms with van der Waals surface area (Å²) in [5.74, 6) is 3.10.